The van der Waals surface area contributed by atoms with Crippen molar-refractivity contribution in [3.63, 3.8) is 0 Å². The Balaban J connectivity index is 1.30. The number of esters is 1. The molecule has 0 unspecified atom stereocenters. The van der Waals surface area contributed by atoms with Crippen LogP contribution in [0, 0.1) is 34.6 Å². The van der Waals surface area contributed by atoms with E-state index in [1.807, 2.05) is 6.07 Å². The molecule has 0 radical (unpaired) electrons. The summed E-state index contributed by atoms with van der Waals surface area (Å²) in [5.41, 5.74) is 0.226. The standard InChI is InChI=1S/C33H21F4N5O4/c1-44-33(43)21-11-26(37)32-28(12-21)42(16-31-39-7-8-45-31)29(41-32)13-20-10-25(36)22(14-24(20)35)27-3-2-4-30(40-27)46-17-19-6-5-18(15-38)9-23(19)34/h2-12,14H,13,16-17H2,1H3. The molecule has 0 spiro atoms. The quantitative estimate of drug-likeness (QED) is 0.131. The molecule has 0 aliphatic carbocycles. The summed E-state index contributed by atoms with van der Waals surface area (Å²) in [7, 11) is 1.16. The lowest BCUT2D eigenvalue weighted by atomic mass is 10.0. The van der Waals surface area contributed by atoms with Crippen LogP contribution in [0.15, 0.2) is 77.5 Å². The summed E-state index contributed by atoms with van der Waals surface area (Å²) in [6, 6.07) is 14.6. The van der Waals surface area contributed by atoms with Gasteiger partial charge in [-0.15, -0.1) is 0 Å². The molecule has 0 fully saturated rings. The van der Waals surface area contributed by atoms with Crippen molar-refractivity contribution in [2.45, 2.75) is 19.6 Å². The molecule has 9 nitrogen and oxygen atoms in total. The van der Waals surface area contributed by atoms with Gasteiger partial charge in [-0.05, 0) is 48.0 Å². The largest absolute Gasteiger partial charge is 0.473 e. The monoisotopic (exact) mass is 627 g/mol. The Hall–Kier alpha value is -6.03. The molecule has 230 valence electrons. The second-order valence-electron chi connectivity index (χ2n) is 10.0. The molecular formula is C33H21F4N5O4. The molecule has 3 aromatic carbocycles. The van der Waals surface area contributed by atoms with Gasteiger partial charge in [0.15, 0.2) is 5.82 Å². The number of carbonyl (C=O) groups excluding carboxylic acids is 1. The lowest BCUT2D eigenvalue weighted by Crippen LogP contribution is -2.08. The number of imidazole rings is 1. The number of carbonyl (C=O) groups is 1. The van der Waals surface area contributed by atoms with Crippen LogP contribution in [-0.4, -0.2) is 32.6 Å². The molecule has 0 atom stereocenters. The molecule has 0 saturated carbocycles. The van der Waals surface area contributed by atoms with Crippen molar-refractivity contribution >= 4 is 17.0 Å². The summed E-state index contributed by atoms with van der Waals surface area (Å²) in [6.07, 6.45) is 2.52. The fraction of sp³-hybridized carbons (Fsp3) is 0.121. The summed E-state index contributed by atoms with van der Waals surface area (Å²) in [5.74, 6) is -3.34. The van der Waals surface area contributed by atoms with Crippen molar-refractivity contribution in [1.82, 2.24) is 19.5 Å². The summed E-state index contributed by atoms with van der Waals surface area (Å²) < 4.78 is 77.5. The van der Waals surface area contributed by atoms with Crippen LogP contribution in [0.4, 0.5) is 17.6 Å². The number of methoxy groups -OCH3 is 1. The maximum atomic E-state index is 15.5. The third-order valence-corrected chi connectivity index (χ3v) is 7.13. The minimum absolute atomic E-state index is 0.0336. The Labute approximate surface area is 258 Å². The van der Waals surface area contributed by atoms with Crippen LogP contribution in [0.25, 0.3) is 22.3 Å². The van der Waals surface area contributed by atoms with Crippen LogP contribution >= 0.6 is 0 Å². The molecule has 6 rings (SSSR count). The number of hydrogen-bond acceptors (Lipinski definition) is 8. The first-order valence-electron chi connectivity index (χ1n) is 13.7. The number of nitriles is 1. The van der Waals surface area contributed by atoms with Gasteiger partial charge in [0.05, 0.1) is 41.7 Å². The first kappa shape index (κ1) is 30.0. The number of benzene rings is 3. The first-order valence-corrected chi connectivity index (χ1v) is 13.7. The number of aromatic nitrogens is 4. The van der Waals surface area contributed by atoms with Gasteiger partial charge in [0.2, 0.25) is 11.8 Å². The van der Waals surface area contributed by atoms with Crippen molar-refractivity contribution in [2.75, 3.05) is 7.11 Å². The van der Waals surface area contributed by atoms with Gasteiger partial charge in [0, 0.05) is 23.6 Å². The smallest absolute Gasteiger partial charge is 0.338 e. The van der Waals surface area contributed by atoms with Crippen LogP contribution in [0.2, 0.25) is 0 Å². The molecule has 3 aromatic heterocycles. The summed E-state index contributed by atoms with van der Waals surface area (Å²) in [6.45, 7) is -0.242. The van der Waals surface area contributed by atoms with E-state index < -0.39 is 29.2 Å². The van der Waals surface area contributed by atoms with Crippen molar-refractivity contribution in [1.29, 1.82) is 5.26 Å². The van der Waals surface area contributed by atoms with Gasteiger partial charge in [-0.25, -0.2) is 37.3 Å². The van der Waals surface area contributed by atoms with E-state index in [2.05, 4.69) is 15.0 Å². The molecular weight excluding hydrogens is 606 g/mol. The van der Waals surface area contributed by atoms with Gasteiger partial charge < -0.3 is 18.5 Å². The number of halogens is 4. The lowest BCUT2D eigenvalue weighted by molar-refractivity contribution is 0.0600. The molecule has 3 heterocycles. The van der Waals surface area contributed by atoms with Crippen LogP contribution in [0.5, 0.6) is 5.88 Å². The Morgan fingerprint density at radius 3 is 2.52 bits per heavy atom. The van der Waals surface area contributed by atoms with E-state index in [1.54, 1.807) is 0 Å². The second-order valence-corrected chi connectivity index (χ2v) is 10.0. The van der Waals surface area contributed by atoms with Crippen molar-refractivity contribution in [2.24, 2.45) is 0 Å². The topological polar surface area (TPSA) is 116 Å². The van der Waals surface area contributed by atoms with Gasteiger partial charge in [-0.3, -0.25) is 0 Å². The fourth-order valence-corrected chi connectivity index (χ4v) is 4.86. The molecule has 0 amide bonds. The van der Waals surface area contributed by atoms with Gasteiger partial charge >= 0.3 is 5.97 Å². The zero-order valence-electron chi connectivity index (χ0n) is 23.9. The van der Waals surface area contributed by atoms with Crippen LogP contribution < -0.4 is 4.74 Å². The average molecular weight is 628 g/mol. The van der Waals surface area contributed by atoms with Crippen molar-refractivity contribution in [3.8, 4) is 23.2 Å². The Bertz CT molecular complexity index is 2140. The van der Waals surface area contributed by atoms with E-state index in [9.17, 15) is 9.18 Å². The second kappa shape index (κ2) is 12.5. The maximum absolute atomic E-state index is 15.5. The number of nitrogens with zero attached hydrogens (tertiary/aromatic N) is 5. The highest BCUT2D eigenvalue weighted by atomic mass is 19.1. The number of fused-ring (bicyclic) bond motifs is 1. The van der Waals surface area contributed by atoms with E-state index in [4.69, 9.17) is 19.2 Å². The third kappa shape index (κ3) is 6.00. The van der Waals surface area contributed by atoms with E-state index >= 15 is 13.2 Å². The van der Waals surface area contributed by atoms with E-state index in [-0.39, 0.29) is 81.7 Å². The van der Waals surface area contributed by atoms with E-state index in [0.717, 1.165) is 31.4 Å². The maximum Gasteiger partial charge on any atom is 0.338 e. The first-order chi connectivity index (χ1) is 22.2. The number of oxazole rings is 1. The molecule has 0 aliphatic rings. The zero-order valence-corrected chi connectivity index (χ0v) is 23.9. The van der Waals surface area contributed by atoms with E-state index in [0.29, 0.717) is 0 Å². The minimum atomic E-state index is -0.803. The Morgan fingerprint density at radius 2 is 1.78 bits per heavy atom. The normalized spacial score (nSPS) is 11.0. The number of rotatable bonds is 9. The number of pyridine rings is 1. The van der Waals surface area contributed by atoms with Gasteiger partial charge in [-0.1, -0.05) is 12.1 Å². The predicted molar refractivity (Wildman–Crippen MR) is 154 cm³/mol. The van der Waals surface area contributed by atoms with E-state index in [1.165, 1.54) is 53.4 Å². The molecule has 46 heavy (non-hydrogen) atoms. The molecule has 0 saturated heterocycles. The number of hydrogen-bond donors (Lipinski definition) is 0. The zero-order chi connectivity index (χ0) is 32.4. The average Bonchev–Trinajstić information content (AvgIpc) is 3.70. The SMILES string of the molecule is COC(=O)c1cc(F)c2nc(Cc3cc(F)c(-c4cccc(OCc5ccc(C#N)cc5F)n4)cc3F)n(Cc3ncco3)c2c1. The van der Waals surface area contributed by atoms with Crippen LogP contribution in [0.3, 0.4) is 0 Å². The van der Waals surface area contributed by atoms with Crippen LogP contribution in [0.1, 0.15) is 38.8 Å². The predicted octanol–water partition coefficient (Wildman–Crippen LogP) is 6.52. The summed E-state index contributed by atoms with van der Waals surface area (Å²) in [4.78, 5) is 24.8. The van der Waals surface area contributed by atoms with Crippen molar-refractivity contribution in [3.05, 3.63) is 130 Å². The fourth-order valence-electron chi connectivity index (χ4n) is 4.86. The lowest BCUT2D eigenvalue weighted by Gasteiger charge is -2.11. The Morgan fingerprint density at radius 1 is 0.957 bits per heavy atom. The molecule has 13 heteroatoms. The van der Waals surface area contributed by atoms with Gasteiger partial charge in [0.25, 0.3) is 0 Å². The van der Waals surface area contributed by atoms with Gasteiger partial charge in [0.1, 0.15) is 48.2 Å². The molecule has 0 N–H and O–H groups in total. The molecule has 6 aromatic rings. The molecule has 0 bridgehead atoms. The number of ether oxygens (including phenoxy) is 2. The van der Waals surface area contributed by atoms with Crippen molar-refractivity contribution < 1.29 is 36.2 Å². The van der Waals surface area contributed by atoms with Crippen LogP contribution in [-0.2, 0) is 24.3 Å². The highest BCUT2D eigenvalue weighted by Crippen LogP contribution is 2.29. The minimum Gasteiger partial charge on any atom is -0.473 e. The molecule has 0 aliphatic heterocycles. The Kier molecular flexibility index (Phi) is 8.17. The summed E-state index contributed by atoms with van der Waals surface area (Å²) >= 11 is 0. The highest BCUT2D eigenvalue weighted by Gasteiger charge is 2.22. The summed E-state index contributed by atoms with van der Waals surface area (Å²) in [5, 5.41) is 8.91. The highest BCUT2D eigenvalue weighted by molar-refractivity contribution is 5.94. The van der Waals surface area contributed by atoms with Gasteiger partial charge in [-0.2, -0.15) is 5.26 Å². The third-order valence-electron chi connectivity index (χ3n) is 7.13.